The van der Waals surface area contributed by atoms with Gasteiger partial charge in [-0.3, -0.25) is 0 Å². The summed E-state index contributed by atoms with van der Waals surface area (Å²) >= 11 is 0. The van der Waals surface area contributed by atoms with E-state index in [4.69, 9.17) is 9.47 Å². The molecule has 0 aromatic carbocycles. The SMILES string of the molecule is CCCCCC[C@H](C)CCCCCCCCCOC[C@H](O)COC1[C@@H](O)[C@H](O)[C@@H](O)[C@@H]1O. The van der Waals surface area contributed by atoms with Gasteiger partial charge >= 0.3 is 0 Å². The minimum Gasteiger partial charge on any atom is -0.388 e. The fourth-order valence-corrected chi connectivity index (χ4v) is 4.33. The van der Waals surface area contributed by atoms with Crippen molar-refractivity contribution in [1.82, 2.24) is 0 Å². The van der Waals surface area contributed by atoms with E-state index in [0.717, 1.165) is 18.8 Å². The van der Waals surface area contributed by atoms with Crippen LogP contribution in [0.4, 0.5) is 0 Å². The summed E-state index contributed by atoms with van der Waals surface area (Å²) in [6.07, 6.45) is 9.10. The van der Waals surface area contributed by atoms with Crippen LogP contribution in [0.2, 0.25) is 0 Å². The van der Waals surface area contributed by atoms with Crippen molar-refractivity contribution < 1.29 is 35.0 Å². The molecule has 0 aromatic rings. The lowest BCUT2D eigenvalue weighted by atomic mass is 9.96. The Hall–Kier alpha value is -0.280. The Kier molecular flexibility index (Phi) is 16.8. The van der Waals surface area contributed by atoms with Gasteiger partial charge in [0.1, 0.15) is 36.6 Å². The summed E-state index contributed by atoms with van der Waals surface area (Å²) in [4.78, 5) is 0. The van der Waals surface area contributed by atoms with E-state index in [1.165, 1.54) is 70.6 Å². The Morgan fingerprint density at radius 2 is 1.16 bits per heavy atom. The monoisotopic (exact) mass is 462 g/mol. The standard InChI is InChI=1S/C25H50O7/c1-3-4-5-11-14-19(2)15-12-9-7-6-8-10-13-16-31-17-20(26)18-32-25-23(29)21(27)22(28)24(25)30/h19-30H,3-18H2,1-2H3/t19-,20-,21+,22+,23-,24-/m0/s1. The minimum atomic E-state index is -1.45. The van der Waals surface area contributed by atoms with Crippen molar-refractivity contribution in [1.29, 1.82) is 0 Å². The van der Waals surface area contributed by atoms with Gasteiger partial charge in [0.25, 0.3) is 0 Å². The highest BCUT2D eigenvalue weighted by Crippen LogP contribution is 2.24. The summed E-state index contributed by atoms with van der Waals surface area (Å²) in [7, 11) is 0. The van der Waals surface area contributed by atoms with E-state index in [9.17, 15) is 25.5 Å². The number of rotatable bonds is 20. The number of unbranched alkanes of at least 4 members (excludes halogenated alkanes) is 9. The van der Waals surface area contributed by atoms with Crippen molar-refractivity contribution in [3.63, 3.8) is 0 Å². The maximum Gasteiger partial charge on any atom is 0.115 e. The Morgan fingerprint density at radius 3 is 1.72 bits per heavy atom. The average Bonchev–Trinajstić information content (AvgIpc) is 2.96. The van der Waals surface area contributed by atoms with Crippen LogP contribution in [0.25, 0.3) is 0 Å². The largest absolute Gasteiger partial charge is 0.388 e. The van der Waals surface area contributed by atoms with Crippen molar-refractivity contribution in [2.75, 3.05) is 19.8 Å². The van der Waals surface area contributed by atoms with Gasteiger partial charge in [-0.15, -0.1) is 0 Å². The molecule has 0 aromatic heterocycles. The van der Waals surface area contributed by atoms with E-state index < -0.39 is 36.6 Å². The molecule has 6 atom stereocenters. The van der Waals surface area contributed by atoms with Crippen molar-refractivity contribution in [2.24, 2.45) is 5.92 Å². The van der Waals surface area contributed by atoms with Crippen LogP contribution in [-0.2, 0) is 9.47 Å². The predicted molar refractivity (Wildman–Crippen MR) is 125 cm³/mol. The van der Waals surface area contributed by atoms with Gasteiger partial charge in [-0.25, -0.2) is 0 Å². The van der Waals surface area contributed by atoms with Gasteiger partial charge in [-0.05, 0) is 12.3 Å². The number of hydrogen-bond acceptors (Lipinski definition) is 7. The van der Waals surface area contributed by atoms with Crippen LogP contribution in [0.5, 0.6) is 0 Å². The molecule has 5 N–H and O–H groups in total. The van der Waals surface area contributed by atoms with Crippen molar-refractivity contribution in [3.05, 3.63) is 0 Å². The molecule has 0 bridgehead atoms. The van der Waals surface area contributed by atoms with Crippen molar-refractivity contribution in [3.8, 4) is 0 Å². The first-order chi connectivity index (χ1) is 15.4. The molecule has 0 radical (unpaired) electrons. The molecule has 0 heterocycles. The summed E-state index contributed by atoms with van der Waals surface area (Å²) < 4.78 is 10.7. The van der Waals surface area contributed by atoms with Crippen molar-refractivity contribution in [2.45, 2.75) is 134 Å². The lowest BCUT2D eigenvalue weighted by Gasteiger charge is -2.21. The topological polar surface area (TPSA) is 120 Å². The molecule has 192 valence electrons. The second-order valence-corrected chi connectivity index (χ2v) is 9.71. The first-order valence-corrected chi connectivity index (χ1v) is 13.0. The highest BCUT2D eigenvalue weighted by molar-refractivity contribution is 4.99. The fourth-order valence-electron chi connectivity index (χ4n) is 4.33. The zero-order valence-electron chi connectivity index (χ0n) is 20.4. The normalized spacial score (nSPS) is 26.0. The third-order valence-corrected chi connectivity index (χ3v) is 6.55. The molecule has 0 spiro atoms. The third-order valence-electron chi connectivity index (χ3n) is 6.55. The van der Waals surface area contributed by atoms with Crippen LogP contribution < -0.4 is 0 Å². The number of hydrogen-bond donors (Lipinski definition) is 5. The lowest BCUT2D eigenvalue weighted by molar-refractivity contribution is -0.113. The first kappa shape index (κ1) is 29.8. The molecule has 0 aliphatic heterocycles. The van der Waals surface area contributed by atoms with Crippen LogP contribution >= 0.6 is 0 Å². The Balaban J connectivity index is 1.87. The minimum absolute atomic E-state index is 0.112. The highest BCUT2D eigenvalue weighted by atomic mass is 16.5. The molecule has 1 aliphatic carbocycles. The van der Waals surface area contributed by atoms with E-state index in [1.807, 2.05) is 0 Å². The van der Waals surface area contributed by atoms with Gasteiger partial charge in [0, 0.05) is 6.61 Å². The Morgan fingerprint density at radius 1 is 0.656 bits per heavy atom. The lowest BCUT2D eigenvalue weighted by Crippen LogP contribution is -2.38. The van der Waals surface area contributed by atoms with Crippen LogP contribution in [0, 0.1) is 5.92 Å². The summed E-state index contributed by atoms with van der Waals surface area (Å²) in [5.74, 6) is 0.872. The van der Waals surface area contributed by atoms with Crippen LogP contribution in [0.15, 0.2) is 0 Å². The van der Waals surface area contributed by atoms with Gasteiger partial charge in [0.2, 0.25) is 0 Å². The molecular weight excluding hydrogens is 412 g/mol. The molecule has 1 fully saturated rings. The zero-order valence-corrected chi connectivity index (χ0v) is 20.4. The van der Waals surface area contributed by atoms with Gasteiger partial charge in [0.15, 0.2) is 0 Å². The molecule has 32 heavy (non-hydrogen) atoms. The number of aliphatic hydroxyl groups is 5. The number of ether oxygens (including phenoxy) is 2. The van der Waals surface area contributed by atoms with E-state index in [-0.39, 0.29) is 13.2 Å². The molecular formula is C25H50O7. The van der Waals surface area contributed by atoms with Crippen LogP contribution in [-0.4, -0.2) is 82.0 Å². The molecule has 1 rings (SSSR count). The van der Waals surface area contributed by atoms with E-state index in [1.54, 1.807) is 0 Å². The zero-order chi connectivity index (χ0) is 23.8. The summed E-state index contributed by atoms with van der Waals surface area (Å²) in [5.41, 5.74) is 0. The molecule has 7 nitrogen and oxygen atoms in total. The first-order valence-electron chi connectivity index (χ1n) is 13.0. The van der Waals surface area contributed by atoms with Gasteiger partial charge in [0.05, 0.1) is 13.2 Å². The second-order valence-electron chi connectivity index (χ2n) is 9.71. The second kappa shape index (κ2) is 18.1. The molecule has 0 unspecified atom stereocenters. The quantitative estimate of drug-likeness (QED) is 0.176. The van der Waals surface area contributed by atoms with Crippen LogP contribution in [0.3, 0.4) is 0 Å². The maximum atomic E-state index is 9.91. The predicted octanol–water partition coefficient (Wildman–Crippen LogP) is 2.93. The van der Waals surface area contributed by atoms with Crippen molar-refractivity contribution >= 4 is 0 Å². The van der Waals surface area contributed by atoms with E-state index in [0.29, 0.717) is 6.61 Å². The smallest absolute Gasteiger partial charge is 0.115 e. The van der Waals surface area contributed by atoms with Crippen LogP contribution in [0.1, 0.15) is 97.3 Å². The van der Waals surface area contributed by atoms with Gasteiger partial charge in [-0.2, -0.15) is 0 Å². The highest BCUT2D eigenvalue weighted by Gasteiger charge is 2.49. The molecule has 1 aliphatic rings. The molecule has 0 amide bonds. The summed E-state index contributed by atoms with van der Waals surface area (Å²) in [6.45, 7) is 5.21. The molecule has 1 saturated carbocycles. The third kappa shape index (κ3) is 12.3. The average molecular weight is 463 g/mol. The fraction of sp³-hybridized carbons (Fsp3) is 1.00. The van der Waals surface area contributed by atoms with Gasteiger partial charge < -0.3 is 35.0 Å². The Labute approximate surface area is 195 Å². The van der Waals surface area contributed by atoms with Gasteiger partial charge in [-0.1, -0.05) is 90.9 Å². The maximum absolute atomic E-state index is 9.91. The van der Waals surface area contributed by atoms with E-state index >= 15 is 0 Å². The Bertz CT molecular complexity index is 423. The summed E-state index contributed by atoms with van der Waals surface area (Å²) in [6, 6.07) is 0. The summed E-state index contributed by atoms with van der Waals surface area (Å²) in [5, 5.41) is 48.4. The van der Waals surface area contributed by atoms with E-state index in [2.05, 4.69) is 13.8 Å². The number of aliphatic hydroxyl groups excluding tert-OH is 5. The molecule has 0 saturated heterocycles. The molecule has 7 heteroatoms.